The highest BCUT2D eigenvalue weighted by atomic mass is 79.9. The number of amides is 1. The van der Waals surface area contributed by atoms with Crippen molar-refractivity contribution >= 4 is 33.3 Å². The Morgan fingerprint density at radius 3 is 2.70 bits per heavy atom. The summed E-state index contributed by atoms with van der Waals surface area (Å²) in [6.45, 7) is 4.66. The first-order valence-corrected chi connectivity index (χ1v) is 7.04. The van der Waals surface area contributed by atoms with Gasteiger partial charge in [-0.15, -0.1) is 10.2 Å². The Morgan fingerprint density at radius 2 is 2.05 bits per heavy atom. The van der Waals surface area contributed by atoms with Crippen LogP contribution in [0, 0.1) is 6.92 Å². The van der Waals surface area contributed by atoms with Crippen molar-refractivity contribution in [2.75, 3.05) is 17.2 Å². The smallest absolute Gasteiger partial charge is 0.276 e. The molecule has 0 fully saturated rings. The predicted octanol–water partition coefficient (Wildman–Crippen LogP) is 3.23. The van der Waals surface area contributed by atoms with E-state index < -0.39 is 0 Å². The molecule has 0 saturated carbocycles. The van der Waals surface area contributed by atoms with Gasteiger partial charge >= 0.3 is 0 Å². The van der Waals surface area contributed by atoms with Gasteiger partial charge in [0.2, 0.25) is 0 Å². The van der Waals surface area contributed by atoms with Gasteiger partial charge in [-0.2, -0.15) is 0 Å². The topological polar surface area (TPSA) is 66.9 Å². The SMILES string of the molecule is CCNc1ccc(C(=O)Nc2cc(Br)ccc2C)nn1. The molecule has 6 heteroatoms. The normalized spacial score (nSPS) is 10.2. The van der Waals surface area contributed by atoms with Crippen LogP contribution in [0.25, 0.3) is 0 Å². The van der Waals surface area contributed by atoms with Gasteiger partial charge in [0, 0.05) is 16.7 Å². The van der Waals surface area contributed by atoms with Crippen molar-refractivity contribution < 1.29 is 4.79 Å². The minimum Gasteiger partial charge on any atom is -0.369 e. The van der Waals surface area contributed by atoms with Gasteiger partial charge in [0.1, 0.15) is 5.82 Å². The van der Waals surface area contributed by atoms with Gasteiger partial charge < -0.3 is 10.6 Å². The molecule has 5 nitrogen and oxygen atoms in total. The number of hydrogen-bond donors (Lipinski definition) is 2. The van der Waals surface area contributed by atoms with E-state index in [0.717, 1.165) is 22.3 Å². The van der Waals surface area contributed by atoms with E-state index in [9.17, 15) is 4.79 Å². The number of anilines is 2. The number of benzene rings is 1. The van der Waals surface area contributed by atoms with E-state index >= 15 is 0 Å². The van der Waals surface area contributed by atoms with Crippen LogP contribution in [0.5, 0.6) is 0 Å². The largest absolute Gasteiger partial charge is 0.369 e. The van der Waals surface area contributed by atoms with Gasteiger partial charge in [-0.3, -0.25) is 4.79 Å². The minimum atomic E-state index is -0.276. The van der Waals surface area contributed by atoms with E-state index in [4.69, 9.17) is 0 Å². The molecule has 104 valence electrons. The molecule has 0 unspecified atom stereocenters. The number of carbonyl (C=O) groups is 1. The third-order valence-corrected chi connectivity index (χ3v) is 3.20. The lowest BCUT2D eigenvalue weighted by Crippen LogP contribution is -2.15. The van der Waals surface area contributed by atoms with E-state index in [1.54, 1.807) is 12.1 Å². The lowest BCUT2D eigenvalue weighted by atomic mass is 10.2. The number of rotatable bonds is 4. The molecule has 0 aliphatic rings. The Morgan fingerprint density at radius 1 is 1.25 bits per heavy atom. The van der Waals surface area contributed by atoms with Crippen molar-refractivity contribution in [3.63, 3.8) is 0 Å². The molecule has 1 heterocycles. The van der Waals surface area contributed by atoms with Crippen LogP contribution in [0.2, 0.25) is 0 Å². The summed E-state index contributed by atoms with van der Waals surface area (Å²) in [4.78, 5) is 12.1. The molecule has 2 aromatic rings. The number of nitrogens with one attached hydrogen (secondary N) is 2. The number of carbonyl (C=O) groups excluding carboxylic acids is 1. The highest BCUT2D eigenvalue weighted by molar-refractivity contribution is 9.10. The van der Waals surface area contributed by atoms with Crippen LogP contribution >= 0.6 is 15.9 Å². The first-order valence-electron chi connectivity index (χ1n) is 6.25. The number of nitrogens with zero attached hydrogens (tertiary/aromatic N) is 2. The van der Waals surface area contributed by atoms with Crippen molar-refractivity contribution in [1.82, 2.24) is 10.2 Å². The van der Waals surface area contributed by atoms with E-state index in [-0.39, 0.29) is 11.6 Å². The summed E-state index contributed by atoms with van der Waals surface area (Å²) in [7, 11) is 0. The zero-order chi connectivity index (χ0) is 14.5. The fraction of sp³-hybridized carbons (Fsp3) is 0.214. The molecule has 1 aromatic carbocycles. The molecule has 0 saturated heterocycles. The number of halogens is 1. The van der Waals surface area contributed by atoms with Gasteiger partial charge in [0.25, 0.3) is 5.91 Å². The number of aromatic nitrogens is 2. The first kappa shape index (κ1) is 14.5. The Kier molecular flexibility index (Phi) is 4.68. The summed E-state index contributed by atoms with van der Waals surface area (Å²) in [5.41, 5.74) is 2.02. The summed E-state index contributed by atoms with van der Waals surface area (Å²) >= 11 is 3.38. The Bertz CT molecular complexity index is 613. The van der Waals surface area contributed by atoms with Crippen molar-refractivity contribution in [2.45, 2.75) is 13.8 Å². The Hall–Kier alpha value is -1.95. The van der Waals surface area contributed by atoms with Gasteiger partial charge in [-0.05, 0) is 43.7 Å². The summed E-state index contributed by atoms with van der Waals surface area (Å²) in [5, 5.41) is 13.7. The maximum Gasteiger partial charge on any atom is 0.276 e. The summed E-state index contributed by atoms with van der Waals surface area (Å²) < 4.78 is 0.909. The number of hydrogen-bond acceptors (Lipinski definition) is 4. The van der Waals surface area contributed by atoms with Crippen LogP contribution < -0.4 is 10.6 Å². The van der Waals surface area contributed by atoms with Crippen LogP contribution in [0.4, 0.5) is 11.5 Å². The van der Waals surface area contributed by atoms with Crippen molar-refractivity contribution in [3.05, 3.63) is 46.1 Å². The maximum absolute atomic E-state index is 12.1. The molecular formula is C14H15BrN4O. The summed E-state index contributed by atoms with van der Waals surface area (Å²) in [5.74, 6) is 0.379. The molecule has 0 bridgehead atoms. The first-order chi connectivity index (χ1) is 9.60. The predicted molar refractivity (Wildman–Crippen MR) is 83.0 cm³/mol. The van der Waals surface area contributed by atoms with Gasteiger partial charge in [-0.25, -0.2) is 0 Å². The standard InChI is InChI=1S/C14H15BrN4O/c1-3-16-13-7-6-11(18-19-13)14(20)17-12-8-10(15)5-4-9(12)2/h4-8H,3H2,1-2H3,(H,16,19)(H,17,20). The van der Waals surface area contributed by atoms with Crippen LogP contribution in [0.15, 0.2) is 34.8 Å². The minimum absolute atomic E-state index is 0.276. The van der Waals surface area contributed by atoms with Gasteiger partial charge in [0.05, 0.1) is 0 Å². The van der Waals surface area contributed by atoms with Crippen LogP contribution in [-0.2, 0) is 0 Å². The molecule has 20 heavy (non-hydrogen) atoms. The highest BCUT2D eigenvalue weighted by Crippen LogP contribution is 2.21. The second-order valence-corrected chi connectivity index (χ2v) is 5.16. The van der Waals surface area contributed by atoms with E-state index in [0.29, 0.717) is 5.82 Å². The molecule has 1 amide bonds. The zero-order valence-corrected chi connectivity index (χ0v) is 12.9. The van der Waals surface area contributed by atoms with Crippen molar-refractivity contribution in [3.8, 4) is 0 Å². The average Bonchev–Trinajstić information content (AvgIpc) is 2.44. The lowest BCUT2D eigenvalue weighted by Gasteiger charge is -2.08. The fourth-order valence-corrected chi connectivity index (χ4v) is 2.01. The summed E-state index contributed by atoms with van der Waals surface area (Å²) in [6, 6.07) is 9.09. The van der Waals surface area contributed by atoms with Crippen molar-refractivity contribution in [2.24, 2.45) is 0 Å². The van der Waals surface area contributed by atoms with Crippen LogP contribution in [0.3, 0.4) is 0 Å². The lowest BCUT2D eigenvalue weighted by molar-refractivity contribution is 0.102. The molecule has 0 atom stereocenters. The zero-order valence-electron chi connectivity index (χ0n) is 11.3. The van der Waals surface area contributed by atoms with E-state index in [2.05, 4.69) is 36.8 Å². The number of aryl methyl sites for hydroxylation is 1. The average molecular weight is 335 g/mol. The highest BCUT2D eigenvalue weighted by Gasteiger charge is 2.10. The van der Waals surface area contributed by atoms with Crippen LogP contribution in [-0.4, -0.2) is 22.6 Å². The van der Waals surface area contributed by atoms with Crippen LogP contribution in [0.1, 0.15) is 23.0 Å². The second kappa shape index (κ2) is 6.47. The third-order valence-electron chi connectivity index (χ3n) is 2.70. The second-order valence-electron chi connectivity index (χ2n) is 4.25. The maximum atomic E-state index is 12.1. The molecule has 0 spiro atoms. The fourth-order valence-electron chi connectivity index (χ4n) is 1.64. The summed E-state index contributed by atoms with van der Waals surface area (Å²) in [6.07, 6.45) is 0. The molecule has 0 radical (unpaired) electrons. The van der Waals surface area contributed by atoms with Crippen molar-refractivity contribution in [1.29, 1.82) is 0 Å². The molecule has 0 aliphatic carbocycles. The van der Waals surface area contributed by atoms with E-state index in [1.807, 2.05) is 32.0 Å². The Labute approximate surface area is 125 Å². The Balaban J connectivity index is 2.13. The van der Waals surface area contributed by atoms with E-state index in [1.165, 1.54) is 0 Å². The molecule has 1 aromatic heterocycles. The van der Waals surface area contributed by atoms with Gasteiger partial charge in [-0.1, -0.05) is 22.0 Å². The molecule has 0 aliphatic heterocycles. The molecular weight excluding hydrogens is 320 g/mol. The quantitative estimate of drug-likeness (QED) is 0.900. The molecule has 2 N–H and O–H groups in total. The third kappa shape index (κ3) is 3.54. The molecule has 2 rings (SSSR count). The monoisotopic (exact) mass is 334 g/mol. The van der Waals surface area contributed by atoms with Gasteiger partial charge in [0.15, 0.2) is 5.69 Å².